The normalized spacial score (nSPS) is 17.5. The maximum Gasteiger partial charge on any atom is 0.257 e. The molecule has 0 radical (unpaired) electrons. The standard InChI is InChI=1S/C11H15N5O/c1-9-2-3-10-12-11(14-16(10)8-9)13-15-4-6-17-7-5-15/h2-3,8H,4-7H2,1H3,(H,13,14). The van der Waals surface area contributed by atoms with E-state index in [0.29, 0.717) is 5.95 Å². The third kappa shape index (κ3) is 2.22. The molecular formula is C11H15N5O. The van der Waals surface area contributed by atoms with Gasteiger partial charge in [-0.2, -0.15) is 4.98 Å². The lowest BCUT2D eigenvalue weighted by molar-refractivity contribution is 0.0493. The van der Waals surface area contributed by atoms with Gasteiger partial charge >= 0.3 is 0 Å². The van der Waals surface area contributed by atoms with Crippen LogP contribution in [0, 0.1) is 6.92 Å². The summed E-state index contributed by atoms with van der Waals surface area (Å²) in [5.74, 6) is 0.637. The first-order valence-corrected chi connectivity index (χ1v) is 5.74. The maximum absolute atomic E-state index is 5.28. The molecule has 6 heteroatoms. The fourth-order valence-electron chi connectivity index (χ4n) is 1.85. The van der Waals surface area contributed by atoms with Gasteiger partial charge in [0, 0.05) is 19.3 Å². The molecule has 17 heavy (non-hydrogen) atoms. The smallest absolute Gasteiger partial charge is 0.257 e. The number of hydrogen-bond acceptors (Lipinski definition) is 5. The second-order valence-corrected chi connectivity index (χ2v) is 4.16. The van der Waals surface area contributed by atoms with Crippen molar-refractivity contribution in [2.75, 3.05) is 31.7 Å². The molecule has 6 nitrogen and oxygen atoms in total. The molecule has 0 aromatic carbocycles. The van der Waals surface area contributed by atoms with Crippen LogP contribution in [-0.4, -0.2) is 45.9 Å². The summed E-state index contributed by atoms with van der Waals surface area (Å²) >= 11 is 0. The van der Waals surface area contributed by atoms with Gasteiger partial charge in [-0.15, -0.1) is 5.10 Å². The number of morpholine rings is 1. The molecule has 1 aliphatic heterocycles. The number of nitrogens with zero attached hydrogens (tertiary/aromatic N) is 4. The Morgan fingerprint density at radius 3 is 2.94 bits per heavy atom. The van der Waals surface area contributed by atoms with Crippen molar-refractivity contribution < 1.29 is 4.74 Å². The van der Waals surface area contributed by atoms with Gasteiger partial charge in [-0.05, 0) is 18.6 Å². The first-order chi connectivity index (χ1) is 8.31. The van der Waals surface area contributed by atoms with E-state index in [-0.39, 0.29) is 0 Å². The van der Waals surface area contributed by atoms with Crippen LogP contribution in [-0.2, 0) is 4.74 Å². The van der Waals surface area contributed by atoms with E-state index < -0.39 is 0 Å². The molecule has 0 atom stereocenters. The third-order valence-electron chi connectivity index (χ3n) is 2.75. The summed E-state index contributed by atoms with van der Waals surface area (Å²) in [5, 5.41) is 6.45. The zero-order chi connectivity index (χ0) is 11.7. The van der Waals surface area contributed by atoms with Crippen molar-refractivity contribution in [2.45, 2.75) is 6.92 Å². The van der Waals surface area contributed by atoms with Crippen LogP contribution in [0.25, 0.3) is 5.65 Å². The van der Waals surface area contributed by atoms with E-state index in [9.17, 15) is 0 Å². The lowest BCUT2D eigenvalue weighted by atomic mass is 10.3. The molecule has 3 heterocycles. The molecule has 0 bridgehead atoms. The minimum absolute atomic E-state index is 0.637. The average molecular weight is 233 g/mol. The van der Waals surface area contributed by atoms with Crippen LogP contribution in [0.15, 0.2) is 18.3 Å². The molecule has 90 valence electrons. The second kappa shape index (κ2) is 4.31. The molecule has 0 aliphatic carbocycles. The van der Waals surface area contributed by atoms with Crippen LogP contribution in [0.1, 0.15) is 5.56 Å². The SMILES string of the molecule is Cc1ccc2nc(NN3CCOCC3)nn2c1. The van der Waals surface area contributed by atoms with E-state index in [4.69, 9.17) is 4.74 Å². The second-order valence-electron chi connectivity index (χ2n) is 4.16. The number of anilines is 1. The Morgan fingerprint density at radius 2 is 2.12 bits per heavy atom. The summed E-state index contributed by atoms with van der Waals surface area (Å²) in [4.78, 5) is 4.41. The largest absolute Gasteiger partial charge is 0.379 e. The maximum atomic E-state index is 5.28. The Labute approximate surface area is 99.2 Å². The van der Waals surface area contributed by atoms with Crippen molar-refractivity contribution in [1.29, 1.82) is 0 Å². The van der Waals surface area contributed by atoms with E-state index in [1.54, 1.807) is 4.52 Å². The van der Waals surface area contributed by atoms with Crippen molar-refractivity contribution in [2.24, 2.45) is 0 Å². The van der Waals surface area contributed by atoms with Gasteiger partial charge in [-0.3, -0.25) is 5.43 Å². The molecule has 0 saturated carbocycles. The highest BCUT2D eigenvalue weighted by Gasteiger charge is 2.12. The minimum Gasteiger partial charge on any atom is -0.379 e. The van der Waals surface area contributed by atoms with Gasteiger partial charge in [0.15, 0.2) is 5.65 Å². The number of hydrazine groups is 1. The zero-order valence-corrected chi connectivity index (χ0v) is 9.76. The number of rotatable bonds is 2. The van der Waals surface area contributed by atoms with Crippen LogP contribution in [0.4, 0.5) is 5.95 Å². The molecule has 1 saturated heterocycles. The van der Waals surface area contributed by atoms with Crippen molar-refractivity contribution in [1.82, 2.24) is 19.6 Å². The van der Waals surface area contributed by atoms with E-state index >= 15 is 0 Å². The summed E-state index contributed by atoms with van der Waals surface area (Å²) in [6.45, 7) is 5.25. The highest BCUT2D eigenvalue weighted by molar-refractivity contribution is 5.43. The molecule has 2 aromatic heterocycles. The number of ether oxygens (including phenoxy) is 1. The van der Waals surface area contributed by atoms with Crippen molar-refractivity contribution in [3.63, 3.8) is 0 Å². The highest BCUT2D eigenvalue weighted by atomic mass is 16.5. The molecule has 0 spiro atoms. The van der Waals surface area contributed by atoms with Gasteiger partial charge in [-0.25, -0.2) is 9.52 Å². The quantitative estimate of drug-likeness (QED) is 0.827. The van der Waals surface area contributed by atoms with Crippen molar-refractivity contribution in [3.05, 3.63) is 23.9 Å². The number of aromatic nitrogens is 3. The molecular weight excluding hydrogens is 218 g/mol. The Morgan fingerprint density at radius 1 is 1.29 bits per heavy atom. The first kappa shape index (κ1) is 10.5. The zero-order valence-electron chi connectivity index (χ0n) is 9.76. The van der Waals surface area contributed by atoms with Crippen LogP contribution < -0.4 is 5.43 Å². The van der Waals surface area contributed by atoms with Gasteiger partial charge in [0.05, 0.1) is 13.2 Å². The summed E-state index contributed by atoms with van der Waals surface area (Å²) in [6, 6.07) is 4.00. The lowest BCUT2D eigenvalue weighted by Crippen LogP contribution is -2.40. The Balaban J connectivity index is 1.80. The van der Waals surface area contributed by atoms with Crippen molar-refractivity contribution >= 4 is 11.6 Å². The fraction of sp³-hybridized carbons (Fsp3) is 0.455. The van der Waals surface area contributed by atoms with Crippen LogP contribution in [0.5, 0.6) is 0 Å². The molecule has 0 unspecified atom stereocenters. The highest BCUT2D eigenvalue weighted by Crippen LogP contribution is 2.08. The van der Waals surface area contributed by atoms with Gasteiger partial charge < -0.3 is 4.74 Å². The van der Waals surface area contributed by atoms with Crippen LogP contribution in [0.3, 0.4) is 0 Å². The predicted molar refractivity (Wildman–Crippen MR) is 63.7 cm³/mol. The van der Waals surface area contributed by atoms with Gasteiger partial charge in [0.2, 0.25) is 0 Å². The van der Waals surface area contributed by atoms with E-state index in [1.807, 2.05) is 25.3 Å². The van der Waals surface area contributed by atoms with E-state index in [0.717, 1.165) is 32.0 Å². The van der Waals surface area contributed by atoms with Gasteiger partial charge in [0.1, 0.15) is 0 Å². The Kier molecular flexibility index (Phi) is 2.66. The van der Waals surface area contributed by atoms with Crippen molar-refractivity contribution in [3.8, 4) is 0 Å². The number of aryl methyl sites for hydroxylation is 1. The lowest BCUT2D eigenvalue weighted by Gasteiger charge is -2.26. The molecule has 3 rings (SSSR count). The molecule has 2 aromatic rings. The third-order valence-corrected chi connectivity index (χ3v) is 2.75. The molecule has 1 fully saturated rings. The number of fused-ring (bicyclic) bond motifs is 1. The first-order valence-electron chi connectivity index (χ1n) is 5.74. The van der Waals surface area contributed by atoms with Gasteiger partial charge in [-0.1, -0.05) is 6.07 Å². The van der Waals surface area contributed by atoms with E-state index in [2.05, 4.69) is 20.5 Å². The number of nitrogens with one attached hydrogen (secondary N) is 1. The Hall–Kier alpha value is -1.66. The van der Waals surface area contributed by atoms with Crippen LogP contribution in [0.2, 0.25) is 0 Å². The monoisotopic (exact) mass is 233 g/mol. The molecule has 1 N–H and O–H groups in total. The molecule has 1 aliphatic rings. The summed E-state index contributed by atoms with van der Waals surface area (Å²) in [5.41, 5.74) is 5.22. The summed E-state index contributed by atoms with van der Waals surface area (Å²) in [7, 11) is 0. The van der Waals surface area contributed by atoms with E-state index in [1.165, 1.54) is 5.56 Å². The number of pyridine rings is 1. The fourth-order valence-corrected chi connectivity index (χ4v) is 1.85. The topological polar surface area (TPSA) is 54.7 Å². The predicted octanol–water partition coefficient (Wildman–Crippen LogP) is 0.697. The number of hydrogen-bond donors (Lipinski definition) is 1. The summed E-state index contributed by atoms with van der Waals surface area (Å²) < 4.78 is 7.07. The van der Waals surface area contributed by atoms with Gasteiger partial charge in [0.25, 0.3) is 5.95 Å². The Bertz CT molecular complexity index is 518. The minimum atomic E-state index is 0.637. The molecule has 0 amide bonds. The summed E-state index contributed by atoms with van der Waals surface area (Å²) in [6.07, 6.45) is 1.97. The average Bonchev–Trinajstić information content (AvgIpc) is 2.71. The van der Waals surface area contributed by atoms with Crippen LogP contribution >= 0.6 is 0 Å².